The van der Waals surface area contributed by atoms with Crippen molar-refractivity contribution in [1.29, 1.82) is 0 Å². The first-order valence-electron chi connectivity index (χ1n) is 7.39. The van der Waals surface area contributed by atoms with E-state index in [9.17, 15) is 0 Å². The number of halogens is 1. The van der Waals surface area contributed by atoms with E-state index in [-0.39, 0.29) is 0 Å². The van der Waals surface area contributed by atoms with Crippen LogP contribution in [0, 0.1) is 0 Å². The molecule has 116 valence electrons. The van der Waals surface area contributed by atoms with Crippen LogP contribution in [0.2, 0.25) is 5.02 Å². The molecule has 23 heavy (non-hydrogen) atoms. The van der Waals surface area contributed by atoms with Crippen molar-refractivity contribution in [3.8, 4) is 5.75 Å². The summed E-state index contributed by atoms with van der Waals surface area (Å²) >= 11 is 6.19. The third-order valence-corrected chi connectivity index (χ3v) is 3.75. The number of ether oxygens (including phenoxy) is 1. The Balaban J connectivity index is 1.92. The van der Waals surface area contributed by atoms with Crippen molar-refractivity contribution in [3.63, 3.8) is 0 Å². The van der Waals surface area contributed by atoms with E-state index >= 15 is 0 Å². The molecule has 1 heterocycles. The molecule has 3 nitrogen and oxygen atoms in total. The number of allylic oxidation sites excluding steroid dienone is 1. The minimum Gasteiger partial charge on any atom is -0.488 e. The zero-order chi connectivity index (χ0) is 16.1. The van der Waals surface area contributed by atoms with E-state index in [4.69, 9.17) is 16.3 Å². The molecule has 0 fully saturated rings. The van der Waals surface area contributed by atoms with Gasteiger partial charge >= 0.3 is 0 Å². The first kappa shape index (κ1) is 15.4. The van der Waals surface area contributed by atoms with Gasteiger partial charge in [0.1, 0.15) is 12.4 Å². The van der Waals surface area contributed by atoms with Crippen LogP contribution in [0.15, 0.2) is 73.3 Å². The Kier molecular flexibility index (Phi) is 4.79. The third-order valence-electron chi connectivity index (χ3n) is 3.51. The van der Waals surface area contributed by atoms with Gasteiger partial charge in [0, 0.05) is 23.0 Å². The average Bonchev–Trinajstić information content (AvgIpc) is 3.10. The molecule has 3 aromatic rings. The number of aromatic nitrogens is 2. The van der Waals surface area contributed by atoms with E-state index in [1.165, 1.54) is 0 Å². The van der Waals surface area contributed by atoms with E-state index in [1.54, 1.807) is 12.5 Å². The van der Waals surface area contributed by atoms with Gasteiger partial charge in [0.15, 0.2) is 0 Å². The first-order chi connectivity index (χ1) is 11.3. The fourth-order valence-corrected chi connectivity index (χ4v) is 2.58. The SMILES string of the molecule is CC=C(c1cc(Cl)ccc1OCc1ccccc1)n1ccnc1. The minimum absolute atomic E-state index is 0.510. The lowest BCUT2D eigenvalue weighted by Gasteiger charge is -2.15. The van der Waals surface area contributed by atoms with Gasteiger partial charge in [-0.15, -0.1) is 0 Å². The molecule has 0 radical (unpaired) electrons. The van der Waals surface area contributed by atoms with Gasteiger partial charge in [-0.2, -0.15) is 0 Å². The Labute approximate surface area is 140 Å². The normalized spacial score (nSPS) is 11.5. The molecule has 0 bridgehead atoms. The van der Waals surface area contributed by atoms with Crippen LogP contribution in [0.3, 0.4) is 0 Å². The fourth-order valence-electron chi connectivity index (χ4n) is 2.41. The molecule has 0 unspecified atom stereocenters. The first-order valence-corrected chi connectivity index (χ1v) is 7.77. The zero-order valence-electron chi connectivity index (χ0n) is 12.8. The summed E-state index contributed by atoms with van der Waals surface area (Å²) < 4.78 is 7.97. The van der Waals surface area contributed by atoms with E-state index in [1.807, 2.05) is 72.3 Å². The second kappa shape index (κ2) is 7.16. The number of hydrogen-bond donors (Lipinski definition) is 0. The molecule has 2 aromatic carbocycles. The van der Waals surface area contributed by atoms with Crippen LogP contribution in [0.1, 0.15) is 18.1 Å². The third kappa shape index (κ3) is 3.63. The van der Waals surface area contributed by atoms with Crippen LogP contribution < -0.4 is 4.74 Å². The van der Waals surface area contributed by atoms with Crippen molar-refractivity contribution in [2.24, 2.45) is 0 Å². The monoisotopic (exact) mass is 324 g/mol. The predicted molar refractivity (Wildman–Crippen MR) is 93.5 cm³/mol. The molecule has 1 aromatic heterocycles. The van der Waals surface area contributed by atoms with Gasteiger partial charge < -0.3 is 9.30 Å². The Hall–Kier alpha value is -2.52. The standard InChI is InChI=1S/C19H17ClN2O/c1-2-18(22-11-10-21-14-22)17-12-16(20)8-9-19(17)23-13-15-6-4-3-5-7-15/h2-12,14H,13H2,1H3. The lowest BCUT2D eigenvalue weighted by atomic mass is 10.1. The van der Waals surface area contributed by atoms with Crippen molar-refractivity contribution < 1.29 is 4.74 Å². The van der Waals surface area contributed by atoms with Crippen molar-refractivity contribution in [2.45, 2.75) is 13.5 Å². The minimum atomic E-state index is 0.510. The predicted octanol–water partition coefficient (Wildman–Crippen LogP) is 5.02. The van der Waals surface area contributed by atoms with E-state index < -0.39 is 0 Å². The number of nitrogens with zero attached hydrogens (tertiary/aromatic N) is 2. The van der Waals surface area contributed by atoms with Gasteiger partial charge in [-0.05, 0) is 30.7 Å². The van der Waals surface area contributed by atoms with Crippen LogP contribution >= 0.6 is 11.6 Å². The van der Waals surface area contributed by atoms with Gasteiger partial charge in [0.2, 0.25) is 0 Å². The lowest BCUT2D eigenvalue weighted by molar-refractivity contribution is 0.305. The van der Waals surface area contributed by atoms with Gasteiger partial charge in [-0.25, -0.2) is 4.98 Å². The van der Waals surface area contributed by atoms with Crippen LogP contribution in [0.4, 0.5) is 0 Å². The number of imidazole rings is 1. The maximum Gasteiger partial charge on any atom is 0.129 e. The quantitative estimate of drug-likeness (QED) is 0.658. The topological polar surface area (TPSA) is 27.1 Å². The van der Waals surface area contributed by atoms with Gasteiger partial charge in [-0.3, -0.25) is 0 Å². The summed E-state index contributed by atoms with van der Waals surface area (Å²) in [6.07, 6.45) is 7.43. The zero-order valence-corrected chi connectivity index (χ0v) is 13.6. The van der Waals surface area contributed by atoms with Crippen molar-refractivity contribution >= 4 is 17.3 Å². The molecule has 4 heteroatoms. The maximum atomic E-state index is 6.19. The largest absolute Gasteiger partial charge is 0.488 e. The molecule has 0 saturated carbocycles. The van der Waals surface area contributed by atoms with Gasteiger partial charge in [0.25, 0.3) is 0 Å². The molecule has 0 spiro atoms. The molecule has 0 atom stereocenters. The Morgan fingerprint density at radius 3 is 2.74 bits per heavy atom. The summed E-state index contributed by atoms with van der Waals surface area (Å²) in [5.74, 6) is 0.792. The summed E-state index contributed by atoms with van der Waals surface area (Å²) in [7, 11) is 0. The molecule has 0 aliphatic carbocycles. The van der Waals surface area contributed by atoms with E-state index in [0.29, 0.717) is 11.6 Å². The molecule has 0 N–H and O–H groups in total. The Morgan fingerprint density at radius 2 is 2.04 bits per heavy atom. The molecule has 0 aliphatic rings. The summed E-state index contributed by atoms with van der Waals surface area (Å²) in [5, 5.41) is 0.673. The number of hydrogen-bond acceptors (Lipinski definition) is 2. The molecule has 0 amide bonds. The summed E-state index contributed by atoms with van der Waals surface area (Å²) in [4.78, 5) is 4.11. The van der Waals surface area contributed by atoms with Crippen LogP contribution in [0.25, 0.3) is 5.70 Å². The summed E-state index contributed by atoms with van der Waals surface area (Å²) in [6.45, 7) is 2.49. The maximum absolute atomic E-state index is 6.19. The van der Waals surface area contributed by atoms with Gasteiger partial charge in [-0.1, -0.05) is 48.0 Å². The van der Waals surface area contributed by atoms with Crippen molar-refractivity contribution in [1.82, 2.24) is 9.55 Å². The Morgan fingerprint density at radius 1 is 1.22 bits per heavy atom. The lowest BCUT2D eigenvalue weighted by Crippen LogP contribution is -2.02. The molecule has 0 aliphatic heterocycles. The second-order valence-electron chi connectivity index (χ2n) is 5.06. The molecular formula is C19H17ClN2O. The molecule has 3 rings (SSSR count). The molecule has 0 saturated heterocycles. The smallest absolute Gasteiger partial charge is 0.129 e. The second-order valence-corrected chi connectivity index (χ2v) is 5.50. The van der Waals surface area contributed by atoms with Gasteiger partial charge in [0.05, 0.1) is 12.0 Å². The highest BCUT2D eigenvalue weighted by molar-refractivity contribution is 6.30. The number of benzene rings is 2. The molecular weight excluding hydrogens is 308 g/mol. The van der Waals surface area contributed by atoms with Crippen LogP contribution in [-0.2, 0) is 6.61 Å². The highest BCUT2D eigenvalue weighted by Crippen LogP contribution is 2.30. The highest BCUT2D eigenvalue weighted by atomic mass is 35.5. The van der Waals surface area contributed by atoms with Crippen LogP contribution in [0.5, 0.6) is 5.75 Å². The highest BCUT2D eigenvalue weighted by Gasteiger charge is 2.11. The van der Waals surface area contributed by atoms with E-state index in [0.717, 1.165) is 22.6 Å². The summed E-state index contributed by atoms with van der Waals surface area (Å²) in [5.41, 5.74) is 3.04. The van der Waals surface area contributed by atoms with Crippen molar-refractivity contribution in [2.75, 3.05) is 0 Å². The van der Waals surface area contributed by atoms with E-state index in [2.05, 4.69) is 4.98 Å². The summed E-state index contributed by atoms with van der Waals surface area (Å²) in [6, 6.07) is 15.7. The average molecular weight is 325 g/mol. The number of rotatable bonds is 5. The Bertz CT molecular complexity index is 796. The van der Waals surface area contributed by atoms with Crippen LogP contribution in [-0.4, -0.2) is 9.55 Å². The van der Waals surface area contributed by atoms with Crippen molar-refractivity contribution in [3.05, 3.63) is 89.5 Å². The fraction of sp³-hybridized carbons (Fsp3) is 0.105.